The number of hydrogen-bond donors (Lipinski definition) is 2. The van der Waals surface area contributed by atoms with Crippen molar-refractivity contribution in [2.75, 3.05) is 0 Å². The van der Waals surface area contributed by atoms with E-state index in [2.05, 4.69) is 9.24 Å². The van der Waals surface area contributed by atoms with Gasteiger partial charge in [0, 0.05) is 5.56 Å². The molecule has 0 saturated carbocycles. The van der Waals surface area contributed by atoms with Gasteiger partial charge in [-0.05, 0) is 49.4 Å². The first-order valence-electron chi connectivity index (χ1n) is 6.56. The number of phenols is 1. The third-order valence-corrected chi connectivity index (χ3v) is 3.99. The van der Waals surface area contributed by atoms with Crippen LogP contribution in [-0.4, -0.2) is 21.8 Å². The summed E-state index contributed by atoms with van der Waals surface area (Å²) in [4.78, 5) is 23.8. The number of hydrogen-bond acceptors (Lipinski definition) is 4. The first-order valence-corrected chi connectivity index (χ1v) is 7.14. The van der Waals surface area contributed by atoms with E-state index >= 15 is 0 Å². The van der Waals surface area contributed by atoms with Gasteiger partial charge in [0.1, 0.15) is 5.75 Å². The Labute approximate surface area is 125 Å². The molecule has 0 heterocycles. The van der Waals surface area contributed by atoms with Gasteiger partial charge in [-0.1, -0.05) is 11.6 Å². The predicted molar refractivity (Wildman–Crippen MR) is 84.3 cm³/mol. The summed E-state index contributed by atoms with van der Waals surface area (Å²) in [5, 5.41) is 20.7. The Bertz CT molecular complexity index is 682. The van der Waals surface area contributed by atoms with Crippen molar-refractivity contribution in [1.29, 1.82) is 0 Å². The van der Waals surface area contributed by atoms with Gasteiger partial charge in [-0.25, -0.2) is 0 Å². The molecule has 0 bridgehead atoms. The van der Waals surface area contributed by atoms with Crippen LogP contribution in [0, 0.1) is 0 Å². The summed E-state index contributed by atoms with van der Waals surface area (Å²) in [6, 6.07) is 1.36. The van der Waals surface area contributed by atoms with Gasteiger partial charge < -0.3 is 10.2 Å². The van der Waals surface area contributed by atoms with E-state index in [1.165, 1.54) is 12.1 Å². The van der Waals surface area contributed by atoms with Crippen molar-refractivity contribution in [2.45, 2.75) is 26.4 Å². The van der Waals surface area contributed by atoms with Crippen LogP contribution < -0.4 is 5.30 Å². The van der Waals surface area contributed by atoms with Crippen molar-refractivity contribution in [2.24, 2.45) is 0 Å². The summed E-state index contributed by atoms with van der Waals surface area (Å²) in [7, 11) is 2.39. The van der Waals surface area contributed by atoms with Crippen molar-refractivity contribution in [3.05, 3.63) is 46.6 Å². The number of aromatic hydroxyl groups is 1. The Balaban J connectivity index is 2.55. The number of rotatable bonds is 3. The minimum absolute atomic E-state index is 0.00524. The molecule has 1 aromatic rings. The molecule has 0 aliphatic heterocycles. The van der Waals surface area contributed by atoms with Crippen LogP contribution in [-0.2, 0) is 0 Å². The fourth-order valence-corrected chi connectivity index (χ4v) is 2.84. The van der Waals surface area contributed by atoms with Crippen LogP contribution in [0.2, 0.25) is 0 Å². The number of carbonyl (C=O) groups excluding carboxylic acids is 2. The highest BCUT2D eigenvalue weighted by atomic mass is 31.0. The highest BCUT2D eigenvalue weighted by Crippen LogP contribution is 2.31. The fraction of sp³-hybridized carbons (Fsp3) is 0.250. The van der Waals surface area contributed by atoms with E-state index in [1.807, 2.05) is 19.9 Å². The third kappa shape index (κ3) is 2.97. The maximum Gasteiger partial charge on any atom is 0.190 e. The van der Waals surface area contributed by atoms with Gasteiger partial charge in [0.2, 0.25) is 0 Å². The Morgan fingerprint density at radius 3 is 2.38 bits per heavy atom. The number of benzene rings is 1. The van der Waals surface area contributed by atoms with Crippen LogP contribution in [0.25, 0.3) is 0 Å². The van der Waals surface area contributed by atoms with Gasteiger partial charge in [-0.15, -0.1) is 9.24 Å². The number of fused-ring (bicyclic) bond motifs is 1. The van der Waals surface area contributed by atoms with E-state index in [9.17, 15) is 19.8 Å². The van der Waals surface area contributed by atoms with Gasteiger partial charge in [0.15, 0.2) is 11.6 Å². The highest BCUT2D eigenvalue weighted by Gasteiger charge is 2.28. The van der Waals surface area contributed by atoms with Crippen molar-refractivity contribution < 1.29 is 19.8 Å². The highest BCUT2D eigenvalue weighted by molar-refractivity contribution is 7.28. The van der Waals surface area contributed by atoms with E-state index in [0.29, 0.717) is 17.3 Å². The molecular formula is C16H17O4P. The minimum Gasteiger partial charge on any atom is -0.507 e. The van der Waals surface area contributed by atoms with Crippen molar-refractivity contribution in [3.8, 4) is 5.75 Å². The zero-order valence-corrected chi connectivity index (χ0v) is 13.0. The van der Waals surface area contributed by atoms with E-state index in [1.54, 1.807) is 0 Å². The summed E-state index contributed by atoms with van der Waals surface area (Å²) in [5.74, 6) is -1.03. The molecule has 5 heteroatoms. The maximum absolute atomic E-state index is 12.0. The van der Waals surface area contributed by atoms with Gasteiger partial charge in [0.05, 0.1) is 11.7 Å². The van der Waals surface area contributed by atoms with E-state index in [4.69, 9.17) is 0 Å². The SMILES string of the molecule is CC(C)=CC[C@H](O)c1cc(O)c2c(c1P)C(=O)C=CC2=O. The summed E-state index contributed by atoms with van der Waals surface area (Å²) in [5.41, 5.74) is 1.66. The zero-order chi connectivity index (χ0) is 15.7. The van der Waals surface area contributed by atoms with Gasteiger partial charge in [-0.3, -0.25) is 9.59 Å². The zero-order valence-electron chi connectivity index (χ0n) is 11.9. The van der Waals surface area contributed by atoms with Crippen molar-refractivity contribution in [1.82, 2.24) is 0 Å². The van der Waals surface area contributed by atoms with Crippen molar-refractivity contribution >= 4 is 26.1 Å². The van der Waals surface area contributed by atoms with Crippen LogP contribution in [0.15, 0.2) is 29.9 Å². The molecule has 0 fully saturated rings. The van der Waals surface area contributed by atoms with Crippen LogP contribution in [0.5, 0.6) is 5.75 Å². The lowest BCUT2D eigenvalue weighted by Gasteiger charge is -2.19. The Hall–Kier alpha value is -1.77. The number of allylic oxidation sites excluding steroid dienone is 3. The quantitative estimate of drug-likeness (QED) is 0.663. The number of phenolic OH excluding ortho intramolecular Hbond substituents is 1. The maximum atomic E-state index is 12.0. The second-order valence-electron chi connectivity index (χ2n) is 5.24. The molecule has 1 unspecified atom stereocenters. The van der Waals surface area contributed by atoms with Crippen LogP contribution in [0.4, 0.5) is 0 Å². The van der Waals surface area contributed by atoms with Gasteiger partial charge in [-0.2, -0.15) is 0 Å². The second kappa shape index (κ2) is 5.92. The molecular weight excluding hydrogens is 287 g/mol. The molecule has 2 rings (SSSR count). The number of aliphatic hydroxyl groups excluding tert-OH is 1. The van der Waals surface area contributed by atoms with Gasteiger partial charge in [0.25, 0.3) is 0 Å². The van der Waals surface area contributed by atoms with Crippen molar-refractivity contribution in [3.63, 3.8) is 0 Å². The average molecular weight is 304 g/mol. The third-order valence-electron chi connectivity index (χ3n) is 3.37. The van der Waals surface area contributed by atoms with Crippen LogP contribution >= 0.6 is 9.24 Å². The molecule has 4 nitrogen and oxygen atoms in total. The van der Waals surface area contributed by atoms with E-state index in [-0.39, 0.29) is 22.7 Å². The molecule has 2 atom stereocenters. The lowest BCUT2D eigenvalue weighted by atomic mass is 9.90. The topological polar surface area (TPSA) is 74.6 Å². The molecule has 21 heavy (non-hydrogen) atoms. The second-order valence-corrected chi connectivity index (χ2v) is 5.82. The standard InChI is InChI=1S/C16H17O4P/c1-8(2)3-4-10(17)9-7-13(20)14-11(18)5-6-12(19)15(14)16(9)21/h3,5-7,10,17,20H,4,21H2,1-2H3/t10-/m0/s1. The first-order chi connectivity index (χ1) is 9.82. The molecule has 0 radical (unpaired) electrons. The largest absolute Gasteiger partial charge is 0.507 e. The molecule has 0 amide bonds. The number of aliphatic hydroxyl groups is 1. The molecule has 1 aliphatic rings. The average Bonchev–Trinajstić information content (AvgIpc) is 2.42. The molecule has 0 aromatic heterocycles. The Morgan fingerprint density at radius 1 is 1.24 bits per heavy atom. The fourth-order valence-electron chi connectivity index (χ4n) is 2.28. The lowest BCUT2D eigenvalue weighted by molar-refractivity contribution is 0.0992. The van der Waals surface area contributed by atoms with Crippen LogP contribution in [0.1, 0.15) is 52.7 Å². The number of ketones is 2. The molecule has 1 aliphatic carbocycles. The lowest BCUT2D eigenvalue weighted by Crippen LogP contribution is -2.23. The Kier molecular flexibility index (Phi) is 4.40. The Morgan fingerprint density at radius 2 is 1.81 bits per heavy atom. The monoisotopic (exact) mass is 304 g/mol. The first kappa shape index (κ1) is 15.6. The van der Waals surface area contributed by atoms with E-state index in [0.717, 1.165) is 11.6 Å². The summed E-state index contributed by atoms with van der Waals surface area (Å²) in [6.45, 7) is 3.84. The number of carbonyl (C=O) groups is 2. The predicted octanol–water partition coefficient (Wildman–Crippen LogP) is 2.22. The molecule has 0 saturated heterocycles. The van der Waals surface area contributed by atoms with Gasteiger partial charge >= 0.3 is 0 Å². The summed E-state index contributed by atoms with van der Waals surface area (Å²) in [6.07, 6.45) is 3.73. The molecule has 110 valence electrons. The summed E-state index contributed by atoms with van der Waals surface area (Å²) >= 11 is 0. The summed E-state index contributed by atoms with van der Waals surface area (Å²) < 4.78 is 0. The molecule has 2 N–H and O–H groups in total. The van der Waals surface area contributed by atoms with Crippen LogP contribution in [0.3, 0.4) is 0 Å². The molecule has 1 aromatic carbocycles. The minimum atomic E-state index is -0.850. The van der Waals surface area contributed by atoms with E-state index < -0.39 is 11.9 Å². The molecule has 0 spiro atoms. The smallest absolute Gasteiger partial charge is 0.190 e. The normalized spacial score (nSPS) is 14.9.